The van der Waals surface area contributed by atoms with Crippen LogP contribution in [0.15, 0.2) is 59.8 Å². The van der Waals surface area contributed by atoms with Gasteiger partial charge in [0, 0.05) is 30.4 Å². The molecule has 1 saturated heterocycles. The van der Waals surface area contributed by atoms with Crippen LogP contribution in [0.5, 0.6) is 11.5 Å². The zero-order valence-corrected chi connectivity index (χ0v) is 21.0. The number of nitrogens with one attached hydrogen (secondary N) is 3. The molecule has 8 nitrogen and oxygen atoms in total. The normalized spacial score (nSPS) is 22.3. The molecule has 10 heteroatoms. The van der Waals surface area contributed by atoms with Crippen LogP contribution in [-0.2, 0) is 4.79 Å². The highest BCUT2D eigenvalue weighted by molar-refractivity contribution is 8.01. The number of aromatic nitrogens is 1. The minimum Gasteiger partial charge on any atom is -0.457 e. The van der Waals surface area contributed by atoms with Gasteiger partial charge in [-0.05, 0) is 68.3 Å². The summed E-state index contributed by atoms with van der Waals surface area (Å²) in [5, 5.41) is 9.78. The van der Waals surface area contributed by atoms with Crippen LogP contribution in [0.25, 0.3) is 0 Å². The summed E-state index contributed by atoms with van der Waals surface area (Å²) in [6, 6.07) is 12.4. The van der Waals surface area contributed by atoms with Gasteiger partial charge in [0.25, 0.3) is 0 Å². The molecule has 3 amide bonds. The minimum absolute atomic E-state index is 0.0866. The number of benzene rings is 2. The van der Waals surface area contributed by atoms with Crippen molar-refractivity contribution in [3.63, 3.8) is 0 Å². The van der Waals surface area contributed by atoms with E-state index in [9.17, 15) is 14.0 Å². The molecule has 4 heterocycles. The molecule has 3 aromatic rings. The lowest BCUT2D eigenvalue weighted by molar-refractivity contribution is -0.121. The summed E-state index contributed by atoms with van der Waals surface area (Å²) in [6.45, 7) is 3.61. The Morgan fingerprint density at radius 1 is 1.19 bits per heavy atom. The lowest BCUT2D eigenvalue weighted by Gasteiger charge is -2.35. The number of thioether (sulfide) groups is 1. The number of carbonyl (C=O) groups excluding carboxylic acids is 2. The number of carbonyl (C=O) groups is 2. The number of urea groups is 1. The highest BCUT2D eigenvalue weighted by Gasteiger charge is 2.47. The Kier molecular flexibility index (Phi) is 6.21. The van der Waals surface area contributed by atoms with Crippen molar-refractivity contribution in [1.82, 2.24) is 20.9 Å². The van der Waals surface area contributed by atoms with Crippen molar-refractivity contribution in [1.29, 1.82) is 0 Å². The van der Waals surface area contributed by atoms with Gasteiger partial charge in [-0.1, -0.05) is 17.8 Å². The maximum Gasteiger partial charge on any atom is 0.327 e. The lowest BCUT2D eigenvalue weighted by Crippen LogP contribution is -2.52. The number of ether oxygens (including phenoxy) is 1. The van der Waals surface area contributed by atoms with Gasteiger partial charge in [0.15, 0.2) is 0 Å². The van der Waals surface area contributed by atoms with E-state index >= 15 is 0 Å². The summed E-state index contributed by atoms with van der Waals surface area (Å²) in [4.78, 5) is 32.8. The maximum absolute atomic E-state index is 13.5. The number of hydrogen-bond donors (Lipinski definition) is 3. The fourth-order valence-corrected chi connectivity index (χ4v) is 6.37. The second-order valence-corrected chi connectivity index (χ2v) is 10.5. The van der Waals surface area contributed by atoms with Crippen molar-refractivity contribution >= 4 is 35.1 Å². The Morgan fingerprint density at radius 3 is 2.84 bits per heavy atom. The summed E-state index contributed by atoms with van der Waals surface area (Å²) in [5.74, 6) is 0.461. The van der Waals surface area contributed by atoms with Crippen LogP contribution in [0, 0.1) is 12.7 Å². The Morgan fingerprint density at radius 2 is 2.05 bits per heavy atom. The first-order valence-electron chi connectivity index (χ1n) is 12.3. The molecule has 0 aliphatic carbocycles. The van der Waals surface area contributed by atoms with Crippen LogP contribution in [0.4, 0.5) is 20.6 Å². The van der Waals surface area contributed by atoms with Gasteiger partial charge in [-0.25, -0.2) is 14.2 Å². The molecular formula is C27H26FN5O3S. The number of amides is 3. The van der Waals surface area contributed by atoms with Crippen LogP contribution in [-0.4, -0.2) is 41.3 Å². The van der Waals surface area contributed by atoms with E-state index in [1.165, 1.54) is 23.9 Å². The molecule has 37 heavy (non-hydrogen) atoms. The number of aryl methyl sites for hydroxylation is 1. The molecule has 0 spiro atoms. The second kappa shape index (κ2) is 9.68. The van der Waals surface area contributed by atoms with Gasteiger partial charge in [-0.2, -0.15) is 0 Å². The molecule has 3 atom stereocenters. The third kappa shape index (κ3) is 4.51. The summed E-state index contributed by atoms with van der Waals surface area (Å²) >= 11 is 1.39. The number of rotatable bonds is 5. The molecule has 3 aliphatic rings. The molecule has 3 aliphatic heterocycles. The maximum atomic E-state index is 13.5. The Labute approximate surface area is 218 Å². The minimum atomic E-state index is -0.486. The number of piperidine rings is 1. The molecule has 2 unspecified atom stereocenters. The summed E-state index contributed by atoms with van der Waals surface area (Å²) in [5.41, 5.74) is 3.05. The van der Waals surface area contributed by atoms with Crippen molar-refractivity contribution < 1.29 is 18.7 Å². The van der Waals surface area contributed by atoms with Gasteiger partial charge >= 0.3 is 6.03 Å². The zero-order valence-electron chi connectivity index (χ0n) is 20.2. The van der Waals surface area contributed by atoms with Crippen LogP contribution < -0.4 is 25.6 Å². The van der Waals surface area contributed by atoms with E-state index in [1.807, 2.05) is 19.1 Å². The highest BCUT2D eigenvalue weighted by Crippen LogP contribution is 2.51. The van der Waals surface area contributed by atoms with Crippen LogP contribution in [0.2, 0.25) is 0 Å². The Balaban J connectivity index is 1.27. The first-order chi connectivity index (χ1) is 18.0. The standard InChI is InChI=1S/C27H26FN5O3S/c1-15-12-19(36-18-6-2-4-16(28)13-18)7-8-20(15)33-21-9-11-30-26-22(21)23(32-27(33)35)24(37-26)25(34)31-17-5-3-10-29-14-17/h2,4,6-9,11-13,17,23-24,29H,3,5,10,14H2,1H3,(H,31,34)(H,32,35)/t17?,23?,24-/m1/s1. The highest BCUT2D eigenvalue weighted by atomic mass is 32.2. The predicted molar refractivity (Wildman–Crippen MR) is 139 cm³/mol. The molecule has 0 bridgehead atoms. The van der Waals surface area contributed by atoms with Gasteiger partial charge in [0.05, 0.1) is 17.4 Å². The van der Waals surface area contributed by atoms with Crippen molar-refractivity contribution in [2.24, 2.45) is 0 Å². The molecule has 190 valence electrons. The van der Waals surface area contributed by atoms with E-state index in [1.54, 1.807) is 35.4 Å². The number of hydrogen-bond acceptors (Lipinski definition) is 6. The second-order valence-electron chi connectivity index (χ2n) is 9.41. The van der Waals surface area contributed by atoms with Gasteiger partial charge in [-0.3, -0.25) is 9.69 Å². The van der Waals surface area contributed by atoms with E-state index in [0.29, 0.717) is 22.9 Å². The van der Waals surface area contributed by atoms with Gasteiger partial charge in [0.1, 0.15) is 27.6 Å². The summed E-state index contributed by atoms with van der Waals surface area (Å²) in [6.07, 6.45) is 3.64. The van der Waals surface area contributed by atoms with Crippen molar-refractivity contribution in [3.8, 4) is 11.5 Å². The predicted octanol–water partition coefficient (Wildman–Crippen LogP) is 4.57. The van der Waals surface area contributed by atoms with Crippen molar-refractivity contribution in [3.05, 3.63) is 71.7 Å². The van der Waals surface area contributed by atoms with E-state index in [0.717, 1.165) is 42.1 Å². The average molecular weight is 520 g/mol. The van der Waals surface area contributed by atoms with E-state index < -0.39 is 11.3 Å². The fourth-order valence-electron chi connectivity index (χ4n) is 5.13. The van der Waals surface area contributed by atoms with E-state index in [-0.39, 0.29) is 23.8 Å². The van der Waals surface area contributed by atoms with Gasteiger partial charge in [-0.15, -0.1) is 0 Å². The number of anilines is 2. The number of halogens is 1. The Bertz CT molecular complexity index is 1380. The summed E-state index contributed by atoms with van der Waals surface area (Å²) in [7, 11) is 0. The molecule has 6 rings (SSSR count). The third-order valence-electron chi connectivity index (χ3n) is 6.85. The van der Waals surface area contributed by atoms with Gasteiger partial charge < -0.3 is 20.7 Å². The largest absolute Gasteiger partial charge is 0.457 e. The number of nitrogens with zero attached hydrogens (tertiary/aromatic N) is 2. The van der Waals surface area contributed by atoms with Crippen LogP contribution in [0.3, 0.4) is 0 Å². The smallest absolute Gasteiger partial charge is 0.327 e. The first kappa shape index (κ1) is 23.7. The molecule has 1 aromatic heterocycles. The fraction of sp³-hybridized carbons (Fsp3) is 0.296. The quantitative estimate of drug-likeness (QED) is 0.457. The van der Waals surface area contributed by atoms with E-state index in [2.05, 4.69) is 20.9 Å². The zero-order chi connectivity index (χ0) is 25.5. The average Bonchev–Trinajstić information content (AvgIpc) is 3.25. The van der Waals surface area contributed by atoms with Crippen molar-refractivity contribution in [2.45, 2.75) is 42.1 Å². The van der Waals surface area contributed by atoms with Crippen molar-refractivity contribution in [2.75, 3.05) is 18.0 Å². The van der Waals surface area contributed by atoms with Gasteiger partial charge in [0.2, 0.25) is 5.91 Å². The number of pyridine rings is 1. The van der Waals surface area contributed by atoms with Crippen LogP contribution >= 0.6 is 11.8 Å². The first-order valence-corrected chi connectivity index (χ1v) is 13.2. The molecular weight excluding hydrogens is 493 g/mol. The Hall–Kier alpha value is -3.63. The monoisotopic (exact) mass is 519 g/mol. The third-order valence-corrected chi connectivity index (χ3v) is 8.14. The van der Waals surface area contributed by atoms with Crippen LogP contribution in [0.1, 0.15) is 30.0 Å². The topological polar surface area (TPSA) is 95.6 Å². The van der Waals surface area contributed by atoms with E-state index in [4.69, 9.17) is 4.74 Å². The lowest BCUT2D eigenvalue weighted by atomic mass is 9.99. The molecule has 3 N–H and O–H groups in total. The molecule has 0 radical (unpaired) electrons. The summed E-state index contributed by atoms with van der Waals surface area (Å²) < 4.78 is 19.3. The molecule has 1 fully saturated rings. The molecule has 2 aromatic carbocycles. The SMILES string of the molecule is Cc1cc(Oc2cccc(F)c2)ccc1N1C(=O)NC2c3c1ccnc3S[C@H]2C(=O)NC1CCCNC1. The molecule has 0 saturated carbocycles.